The highest BCUT2D eigenvalue weighted by atomic mass is 19.1. The first kappa shape index (κ1) is 14.3. The van der Waals surface area contributed by atoms with Crippen molar-refractivity contribution in [3.05, 3.63) is 29.6 Å². The van der Waals surface area contributed by atoms with Gasteiger partial charge in [-0.1, -0.05) is 26.0 Å². The van der Waals surface area contributed by atoms with Crippen LogP contribution in [0, 0.1) is 5.82 Å². The number of nitrogens with zero attached hydrogens (tertiary/aromatic N) is 1. The van der Waals surface area contributed by atoms with Gasteiger partial charge in [0.1, 0.15) is 5.82 Å². The molecule has 0 bridgehead atoms. The normalized spacial score (nSPS) is 20.1. The highest BCUT2D eigenvalue weighted by Crippen LogP contribution is 2.27. The van der Waals surface area contributed by atoms with E-state index in [4.69, 9.17) is 0 Å². The lowest BCUT2D eigenvalue weighted by Gasteiger charge is -2.33. The fourth-order valence-electron chi connectivity index (χ4n) is 2.53. The highest BCUT2D eigenvalue weighted by Gasteiger charge is 2.22. The van der Waals surface area contributed by atoms with Gasteiger partial charge in [-0.05, 0) is 24.5 Å². The molecule has 4 heteroatoms. The van der Waals surface area contributed by atoms with E-state index in [0.29, 0.717) is 24.8 Å². The summed E-state index contributed by atoms with van der Waals surface area (Å²) in [4.78, 5) is 1.97. The molecule has 1 fully saturated rings. The Morgan fingerprint density at radius 3 is 2.95 bits per heavy atom. The minimum Gasteiger partial charge on any atom is -0.391 e. The number of benzene rings is 1. The number of aliphatic hydroxyl groups is 1. The number of aliphatic hydroxyl groups excluding tert-OH is 1. The molecule has 1 saturated heterocycles. The van der Waals surface area contributed by atoms with Crippen LogP contribution >= 0.6 is 0 Å². The van der Waals surface area contributed by atoms with E-state index in [9.17, 15) is 9.50 Å². The summed E-state index contributed by atoms with van der Waals surface area (Å²) >= 11 is 0. The van der Waals surface area contributed by atoms with Crippen molar-refractivity contribution < 1.29 is 9.50 Å². The first-order valence-electron chi connectivity index (χ1n) is 7.01. The molecular formula is C15H23FN2O. The van der Waals surface area contributed by atoms with Gasteiger partial charge in [-0.15, -0.1) is 0 Å². The van der Waals surface area contributed by atoms with E-state index in [1.54, 1.807) is 6.07 Å². The van der Waals surface area contributed by atoms with Crippen molar-refractivity contribution in [1.82, 2.24) is 5.32 Å². The maximum atomic E-state index is 14.1. The molecule has 2 rings (SSSR count). The lowest BCUT2D eigenvalue weighted by molar-refractivity contribution is 0.154. The van der Waals surface area contributed by atoms with Crippen LogP contribution in [0.2, 0.25) is 0 Å². The molecule has 19 heavy (non-hydrogen) atoms. The second-order valence-electron chi connectivity index (χ2n) is 5.53. The van der Waals surface area contributed by atoms with Gasteiger partial charge in [0.15, 0.2) is 0 Å². The molecular weight excluding hydrogens is 243 g/mol. The molecule has 106 valence electrons. The fraction of sp³-hybridized carbons (Fsp3) is 0.600. The molecule has 1 aliphatic rings. The SMILES string of the molecule is CC(C)NCc1cccc(F)c1N1CCCC(O)C1. The zero-order chi connectivity index (χ0) is 13.8. The zero-order valence-corrected chi connectivity index (χ0v) is 11.7. The van der Waals surface area contributed by atoms with E-state index in [1.165, 1.54) is 6.07 Å². The first-order chi connectivity index (χ1) is 9.08. The van der Waals surface area contributed by atoms with Crippen molar-refractivity contribution in [2.45, 2.75) is 45.4 Å². The second kappa shape index (κ2) is 6.35. The average molecular weight is 266 g/mol. The summed E-state index contributed by atoms with van der Waals surface area (Å²) in [5.41, 5.74) is 1.61. The third-order valence-electron chi connectivity index (χ3n) is 3.48. The van der Waals surface area contributed by atoms with Crippen molar-refractivity contribution in [3.8, 4) is 0 Å². The highest BCUT2D eigenvalue weighted by molar-refractivity contribution is 5.55. The van der Waals surface area contributed by atoms with Crippen LogP contribution in [-0.4, -0.2) is 30.3 Å². The molecule has 1 unspecified atom stereocenters. The van der Waals surface area contributed by atoms with Crippen LogP contribution in [0.25, 0.3) is 0 Å². The van der Waals surface area contributed by atoms with Gasteiger partial charge < -0.3 is 15.3 Å². The first-order valence-corrected chi connectivity index (χ1v) is 7.01. The summed E-state index contributed by atoms with van der Waals surface area (Å²) in [5.74, 6) is -0.197. The predicted octanol–water partition coefficient (Wildman–Crippen LogP) is 2.28. The minimum atomic E-state index is -0.348. The number of piperidine rings is 1. The molecule has 0 spiro atoms. The largest absolute Gasteiger partial charge is 0.391 e. The van der Waals surface area contributed by atoms with Crippen LogP contribution in [-0.2, 0) is 6.54 Å². The van der Waals surface area contributed by atoms with Gasteiger partial charge in [0.05, 0.1) is 11.8 Å². The molecule has 0 aliphatic carbocycles. The molecule has 1 aliphatic heterocycles. The number of rotatable bonds is 4. The Balaban J connectivity index is 2.21. The number of hydrogen-bond donors (Lipinski definition) is 2. The topological polar surface area (TPSA) is 35.5 Å². The standard InChI is InChI=1S/C15H23FN2O/c1-11(2)17-9-12-5-3-7-14(16)15(12)18-8-4-6-13(19)10-18/h3,5,7,11,13,17,19H,4,6,8-10H2,1-2H3. The number of anilines is 1. The Morgan fingerprint density at radius 1 is 1.47 bits per heavy atom. The van der Waals surface area contributed by atoms with E-state index < -0.39 is 0 Å². The number of halogens is 1. The molecule has 1 aromatic carbocycles. The van der Waals surface area contributed by atoms with Gasteiger partial charge >= 0.3 is 0 Å². The summed E-state index contributed by atoms with van der Waals surface area (Å²) in [7, 11) is 0. The molecule has 0 saturated carbocycles. The summed E-state index contributed by atoms with van der Waals surface area (Å²) in [6, 6.07) is 5.56. The fourth-order valence-corrected chi connectivity index (χ4v) is 2.53. The molecule has 2 N–H and O–H groups in total. The molecule has 3 nitrogen and oxygen atoms in total. The lowest BCUT2D eigenvalue weighted by atomic mass is 10.0. The second-order valence-corrected chi connectivity index (χ2v) is 5.53. The molecule has 1 aromatic rings. The molecule has 1 atom stereocenters. The monoisotopic (exact) mass is 266 g/mol. The Labute approximate surface area is 114 Å². The maximum Gasteiger partial charge on any atom is 0.146 e. The summed E-state index contributed by atoms with van der Waals surface area (Å²) in [6.45, 7) is 6.13. The Morgan fingerprint density at radius 2 is 2.26 bits per heavy atom. The summed E-state index contributed by atoms with van der Waals surface area (Å²) < 4.78 is 14.1. The number of para-hydroxylation sites is 1. The number of hydrogen-bond acceptors (Lipinski definition) is 3. The van der Waals surface area contributed by atoms with Crippen molar-refractivity contribution in [2.75, 3.05) is 18.0 Å². The van der Waals surface area contributed by atoms with Crippen molar-refractivity contribution in [1.29, 1.82) is 0 Å². The van der Waals surface area contributed by atoms with Gasteiger partial charge in [0.2, 0.25) is 0 Å². The van der Waals surface area contributed by atoms with Crippen LogP contribution < -0.4 is 10.2 Å². The van der Waals surface area contributed by atoms with Crippen LogP contribution in [0.4, 0.5) is 10.1 Å². The van der Waals surface area contributed by atoms with E-state index in [0.717, 1.165) is 24.9 Å². The average Bonchev–Trinajstić information content (AvgIpc) is 2.36. The van der Waals surface area contributed by atoms with Gasteiger partial charge in [0, 0.05) is 25.7 Å². The van der Waals surface area contributed by atoms with E-state index in [-0.39, 0.29) is 11.9 Å². The molecule has 1 heterocycles. The third-order valence-corrected chi connectivity index (χ3v) is 3.48. The lowest BCUT2D eigenvalue weighted by Crippen LogP contribution is -2.39. The Kier molecular flexibility index (Phi) is 4.77. The number of nitrogens with one attached hydrogen (secondary N) is 1. The minimum absolute atomic E-state index is 0.197. The molecule has 0 amide bonds. The van der Waals surface area contributed by atoms with Crippen LogP contribution in [0.1, 0.15) is 32.3 Å². The van der Waals surface area contributed by atoms with Crippen molar-refractivity contribution in [3.63, 3.8) is 0 Å². The van der Waals surface area contributed by atoms with Crippen LogP contribution in [0.15, 0.2) is 18.2 Å². The van der Waals surface area contributed by atoms with E-state index in [2.05, 4.69) is 19.2 Å². The molecule has 0 radical (unpaired) electrons. The van der Waals surface area contributed by atoms with E-state index in [1.807, 2.05) is 11.0 Å². The van der Waals surface area contributed by atoms with E-state index >= 15 is 0 Å². The van der Waals surface area contributed by atoms with Crippen LogP contribution in [0.5, 0.6) is 0 Å². The van der Waals surface area contributed by atoms with Crippen molar-refractivity contribution >= 4 is 5.69 Å². The summed E-state index contributed by atoms with van der Waals surface area (Å²) in [6.07, 6.45) is 1.37. The van der Waals surface area contributed by atoms with Gasteiger partial charge in [0.25, 0.3) is 0 Å². The molecule has 0 aromatic heterocycles. The number of β-amino-alcohol motifs (C(OH)–C–C–N with tert-alkyl or cyclic N) is 1. The zero-order valence-electron chi connectivity index (χ0n) is 11.7. The van der Waals surface area contributed by atoms with Crippen LogP contribution in [0.3, 0.4) is 0 Å². The van der Waals surface area contributed by atoms with Gasteiger partial charge in [-0.2, -0.15) is 0 Å². The Hall–Kier alpha value is -1.13. The summed E-state index contributed by atoms with van der Waals surface area (Å²) in [5, 5.41) is 13.1. The maximum absolute atomic E-state index is 14.1. The predicted molar refractivity (Wildman–Crippen MR) is 75.8 cm³/mol. The van der Waals surface area contributed by atoms with Crippen molar-refractivity contribution in [2.24, 2.45) is 0 Å². The third kappa shape index (κ3) is 3.67. The smallest absolute Gasteiger partial charge is 0.146 e. The Bertz CT molecular complexity index is 423. The quantitative estimate of drug-likeness (QED) is 0.877. The van der Waals surface area contributed by atoms with Gasteiger partial charge in [-0.3, -0.25) is 0 Å². The van der Waals surface area contributed by atoms with Gasteiger partial charge in [-0.25, -0.2) is 4.39 Å².